The SMILES string of the molecule is CCN1CCN=C1c1ccc(C(=O)O)cn1.[NaH]. The van der Waals surface area contributed by atoms with Crippen LogP contribution in [0, 0.1) is 0 Å². The van der Waals surface area contributed by atoms with E-state index in [-0.39, 0.29) is 35.1 Å². The first-order valence-corrected chi connectivity index (χ1v) is 5.21. The molecule has 6 heteroatoms. The molecule has 5 nitrogen and oxygen atoms in total. The van der Waals surface area contributed by atoms with Crippen LogP contribution in [0.3, 0.4) is 0 Å². The van der Waals surface area contributed by atoms with Gasteiger partial charge in [-0.05, 0) is 19.1 Å². The maximum absolute atomic E-state index is 10.7. The van der Waals surface area contributed by atoms with E-state index in [4.69, 9.17) is 5.11 Å². The number of pyridine rings is 1. The molecular formula is C11H14N3NaO2. The Balaban J connectivity index is 0.00000144. The Bertz CT molecular complexity index is 431. The van der Waals surface area contributed by atoms with Crippen LogP contribution in [0.4, 0.5) is 0 Å². The minimum atomic E-state index is -0.959. The summed E-state index contributed by atoms with van der Waals surface area (Å²) in [6.45, 7) is 4.65. The molecule has 0 aliphatic carbocycles. The summed E-state index contributed by atoms with van der Waals surface area (Å²) < 4.78 is 0. The van der Waals surface area contributed by atoms with E-state index in [0.717, 1.165) is 31.2 Å². The number of amidine groups is 1. The molecule has 0 fully saturated rings. The molecule has 1 aliphatic rings. The number of aromatic nitrogens is 1. The molecule has 17 heavy (non-hydrogen) atoms. The van der Waals surface area contributed by atoms with Gasteiger partial charge >= 0.3 is 35.5 Å². The Morgan fingerprint density at radius 3 is 2.82 bits per heavy atom. The summed E-state index contributed by atoms with van der Waals surface area (Å²) in [5.41, 5.74) is 0.940. The van der Waals surface area contributed by atoms with E-state index in [1.165, 1.54) is 6.20 Å². The van der Waals surface area contributed by atoms with Crippen molar-refractivity contribution in [1.82, 2.24) is 9.88 Å². The van der Waals surface area contributed by atoms with Gasteiger partial charge in [0.2, 0.25) is 0 Å². The van der Waals surface area contributed by atoms with Crippen molar-refractivity contribution in [3.8, 4) is 0 Å². The second-order valence-corrected chi connectivity index (χ2v) is 3.52. The minimum absolute atomic E-state index is 0. The summed E-state index contributed by atoms with van der Waals surface area (Å²) in [5, 5.41) is 8.76. The van der Waals surface area contributed by atoms with Gasteiger partial charge in [0.15, 0.2) is 0 Å². The molecule has 0 bridgehead atoms. The molecule has 86 valence electrons. The normalized spacial score (nSPS) is 14.2. The molecule has 0 saturated heterocycles. The van der Waals surface area contributed by atoms with Crippen molar-refractivity contribution < 1.29 is 9.90 Å². The molecule has 2 heterocycles. The quantitative estimate of drug-likeness (QED) is 0.771. The number of likely N-dealkylation sites (N-methyl/N-ethyl adjacent to an activating group) is 1. The van der Waals surface area contributed by atoms with Gasteiger partial charge in [0.25, 0.3) is 0 Å². The number of aromatic carboxylic acids is 1. The van der Waals surface area contributed by atoms with Crippen molar-refractivity contribution >= 4 is 41.4 Å². The number of hydrogen-bond donors (Lipinski definition) is 1. The zero-order valence-electron chi connectivity index (χ0n) is 9.05. The van der Waals surface area contributed by atoms with Gasteiger partial charge in [0.05, 0.1) is 12.1 Å². The summed E-state index contributed by atoms with van der Waals surface area (Å²) >= 11 is 0. The number of carboxylic acid groups (broad SMARTS) is 1. The zero-order valence-corrected chi connectivity index (χ0v) is 9.05. The molecule has 1 N–H and O–H groups in total. The molecule has 0 aromatic carbocycles. The van der Waals surface area contributed by atoms with Gasteiger partial charge in [0.1, 0.15) is 11.5 Å². The molecule has 0 atom stereocenters. The molecule has 1 aromatic rings. The third-order valence-electron chi connectivity index (χ3n) is 2.55. The maximum atomic E-state index is 10.7. The van der Waals surface area contributed by atoms with Crippen LogP contribution in [0.25, 0.3) is 0 Å². The van der Waals surface area contributed by atoms with Gasteiger partial charge in [-0.3, -0.25) is 9.98 Å². The van der Waals surface area contributed by atoms with E-state index >= 15 is 0 Å². The van der Waals surface area contributed by atoms with Crippen molar-refractivity contribution in [1.29, 1.82) is 0 Å². The van der Waals surface area contributed by atoms with Crippen molar-refractivity contribution in [2.75, 3.05) is 19.6 Å². The van der Waals surface area contributed by atoms with E-state index in [0.29, 0.717) is 0 Å². The number of carbonyl (C=O) groups is 1. The molecular weight excluding hydrogens is 229 g/mol. The number of rotatable bonds is 3. The summed E-state index contributed by atoms with van der Waals surface area (Å²) in [5.74, 6) is -0.0980. The molecule has 1 aliphatic heterocycles. The summed E-state index contributed by atoms with van der Waals surface area (Å²) in [6, 6.07) is 3.26. The predicted octanol–water partition coefficient (Wildman–Crippen LogP) is 0.213. The Labute approximate surface area is 122 Å². The topological polar surface area (TPSA) is 65.8 Å². The van der Waals surface area contributed by atoms with Crippen LogP contribution in [0.2, 0.25) is 0 Å². The van der Waals surface area contributed by atoms with Gasteiger partial charge in [-0.2, -0.15) is 0 Å². The fraction of sp³-hybridized carbons (Fsp3) is 0.364. The summed E-state index contributed by atoms with van der Waals surface area (Å²) in [4.78, 5) is 21.3. The molecule has 2 rings (SSSR count). The van der Waals surface area contributed by atoms with Crippen molar-refractivity contribution in [2.24, 2.45) is 4.99 Å². The third-order valence-corrected chi connectivity index (χ3v) is 2.55. The molecule has 0 saturated carbocycles. The van der Waals surface area contributed by atoms with Crippen LogP contribution < -0.4 is 0 Å². The van der Waals surface area contributed by atoms with Crippen molar-refractivity contribution in [2.45, 2.75) is 6.92 Å². The Kier molecular flexibility index (Phi) is 5.11. The first-order chi connectivity index (χ1) is 7.72. The second-order valence-electron chi connectivity index (χ2n) is 3.52. The van der Waals surface area contributed by atoms with E-state index < -0.39 is 5.97 Å². The van der Waals surface area contributed by atoms with Crippen LogP contribution in [-0.4, -0.2) is 76.0 Å². The average molecular weight is 243 g/mol. The van der Waals surface area contributed by atoms with Crippen LogP contribution in [0.1, 0.15) is 23.0 Å². The number of nitrogens with zero attached hydrogens (tertiary/aromatic N) is 3. The van der Waals surface area contributed by atoms with Crippen LogP contribution in [-0.2, 0) is 0 Å². The van der Waals surface area contributed by atoms with Gasteiger partial charge < -0.3 is 10.0 Å². The van der Waals surface area contributed by atoms with Gasteiger partial charge in [0, 0.05) is 19.3 Å². The average Bonchev–Trinajstić information content (AvgIpc) is 2.77. The number of aliphatic imine (C=N–C) groups is 1. The molecule has 0 radical (unpaired) electrons. The summed E-state index contributed by atoms with van der Waals surface area (Å²) in [6.07, 6.45) is 1.37. The van der Waals surface area contributed by atoms with Crippen LogP contribution in [0.5, 0.6) is 0 Å². The molecule has 0 spiro atoms. The van der Waals surface area contributed by atoms with Crippen LogP contribution in [0.15, 0.2) is 23.3 Å². The van der Waals surface area contributed by atoms with Gasteiger partial charge in [-0.1, -0.05) is 0 Å². The van der Waals surface area contributed by atoms with E-state index in [9.17, 15) is 4.79 Å². The van der Waals surface area contributed by atoms with Gasteiger partial charge in [-0.25, -0.2) is 4.79 Å². The fourth-order valence-electron chi connectivity index (χ4n) is 1.69. The monoisotopic (exact) mass is 243 g/mol. The Morgan fingerprint density at radius 1 is 1.53 bits per heavy atom. The third kappa shape index (κ3) is 3.06. The van der Waals surface area contributed by atoms with E-state index in [1.807, 2.05) is 0 Å². The van der Waals surface area contributed by atoms with Gasteiger partial charge in [-0.15, -0.1) is 0 Å². The predicted molar refractivity (Wildman–Crippen MR) is 67.0 cm³/mol. The molecule has 0 amide bonds. The molecule has 1 aromatic heterocycles. The first kappa shape index (κ1) is 14.2. The Hall–Kier alpha value is -0.910. The van der Waals surface area contributed by atoms with E-state index in [1.54, 1.807) is 12.1 Å². The summed E-state index contributed by atoms with van der Waals surface area (Å²) in [7, 11) is 0. The standard InChI is InChI=1S/C11H13N3O2.Na.H/c1-2-14-6-5-12-10(14)9-4-3-8(7-13-9)11(15)16;;/h3-4,7H,2,5-6H2,1H3,(H,15,16);;. The van der Waals surface area contributed by atoms with Crippen LogP contribution >= 0.6 is 0 Å². The number of carboxylic acids is 1. The second kappa shape index (κ2) is 6.14. The molecule has 0 unspecified atom stereocenters. The van der Waals surface area contributed by atoms with Crippen molar-refractivity contribution in [3.05, 3.63) is 29.6 Å². The number of hydrogen-bond acceptors (Lipinski definition) is 4. The Morgan fingerprint density at radius 2 is 2.29 bits per heavy atom. The van der Waals surface area contributed by atoms with Crippen molar-refractivity contribution in [3.63, 3.8) is 0 Å². The van der Waals surface area contributed by atoms with E-state index in [2.05, 4.69) is 21.8 Å². The zero-order chi connectivity index (χ0) is 11.5. The fourth-order valence-corrected chi connectivity index (χ4v) is 1.69. The first-order valence-electron chi connectivity index (χ1n) is 5.21.